The summed E-state index contributed by atoms with van der Waals surface area (Å²) in [6.45, 7) is 2.02. The summed E-state index contributed by atoms with van der Waals surface area (Å²) >= 11 is 0. The van der Waals surface area contributed by atoms with E-state index in [1.165, 1.54) is 0 Å². The Balaban J connectivity index is 2.15. The number of aromatic amines is 1. The highest BCUT2D eigenvalue weighted by molar-refractivity contribution is 5.96. The van der Waals surface area contributed by atoms with E-state index in [4.69, 9.17) is 11.1 Å². The normalized spacial score (nSPS) is 10.2. The first kappa shape index (κ1) is 15.5. The Bertz CT molecular complexity index is 915. The minimum atomic E-state index is -0.386. The number of nitrogens with zero attached hydrogens (tertiary/aromatic N) is 1. The number of nitrogens with one attached hydrogen (secondary N) is 2. The zero-order valence-electron chi connectivity index (χ0n) is 13.1. The van der Waals surface area contributed by atoms with Crippen molar-refractivity contribution in [3.05, 3.63) is 71.4 Å². The van der Waals surface area contributed by atoms with Gasteiger partial charge in [-0.25, -0.2) is 5.84 Å². The van der Waals surface area contributed by atoms with Gasteiger partial charge in [0.2, 0.25) is 0 Å². The Morgan fingerprint density at radius 3 is 2.29 bits per heavy atom. The van der Waals surface area contributed by atoms with E-state index < -0.39 is 0 Å². The number of carbonyl (C=O) groups is 1. The fraction of sp³-hybridized carbons (Fsp3) is 0.0526. The number of benzene rings is 2. The molecule has 1 amide bonds. The molecule has 0 unspecified atom stereocenters. The van der Waals surface area contributed by atoms with E-state index in [-0.39, 0.29) is 5.91 Å². The van der Waals surface area contributed by atoms with Crippen molar-refractivity contribution < 1.29 is 4.79 Å². The summed E-state index contributed by atoms with van der Waals surface area (Å²) in [4.78, 5) is 15.0. The van der Waals surface area contributed by atoms with Gasteiger partial charge in [-0.1, -0.05) is 42.0 Å². The zero-order valence-corrected chi connectivity index (χ0v) is 13.1. The molecule has 0 saturated carbocycles. The SMILES string of the molecule is Cc1ccc(-c2[nH]c(C(=O)NN)cc2-c2ccc(C#N)cc2)cc1. The molecule has 24 heavy (non-hydrogen) atoms. The van der Waals surface area contributed by atoms with Gasteiger partial charge in [0.1, 0.15) is 5.69 Å². The second-order valence-corrected chi connectivity index (χ2v) is 5.50. The molecule has 0 saturated heterocycles. The van der Waals surface area contributed by atoms with Crippen LogP contribution in [0.2, 0.25) is 0 Å². The molecule has 0 fully saturated rings. The molecule has 0 bridgehead atoms. The fourth-order valence-electron chi connectivity index (χ4n) is 2.55. The smallest absolute Gasteiger partial charge is 0.281 e. The summed E-state index contributed by atoms with van der Waals surface area (Å²) < 4.78 is 0. The van der Waals surface area contributed by atoms with Crippen molar-refractivity contribution in [2.24, 2.45) is 5.84 Å². The summed E-state index contributed by atoms with van der Waals surface area (Å²) in [5, 5.41) is 8.94. The Morgan fingerprint density at radius 1 is 1.08 bits per heavy atom. The van der Waals surface area contributed by atoms with Crippen LogP contribution in [-0.2, 0) is 0 Å². The number of amides is 1. The van der Waals surface area contributed by atoms with Crippen molar-refractivity contribution in [3.8, 4) is 28.5 Å². The fourth-order valence-corrected chi connectivity index (χ4v) is 2.55. The highest BCUT2D eigenvalue weighted by atomic mass is 16.2. The number of hydrogen-bond acceptors (Lipinski definition) is 3. The molecule has 1 aromatic heterocycles. The number of aryl methyl sites for hydroxylation is 1. The van der Waals surface area contributed by atoms with Crippen LogP contribution >= 0.6 is 0 Å². The number of rotatable bonds is 3. The van der Waals surface area contributed by atoms with Gasteiger partial charge in [-0.15, -0.1) is 0 Å². The first-order valence-corrected chi connectivity index (χ1v) is 7.44. The average molecular weight is 316 g/mol. The van der Waals surface area contributed by atoms with Crippen molar-refractivity contribution >= 4 is 5.91 Å². The van der Waals surface area contributed by atoms with Crippen molar-refractivity contribution in [1.29, 1.82) is 5.26 Å². The van der Waals surface area contributed by atoms with Gasteiger partial charge in [0.05, 0.1) is 17.3 Å². The summed E-state index contributed by atoms with van der Waals surface area (Å²) in [6, 6.07) is 19.1. The van der Waals surface area contributed by atoms with Crippen LogP contribution in [0.25, 0.3) is 22.4 Å². The molecule has 0 aliphatic carbocycles. The zero-order chi connectivity index (χ0) is 17.1. The molecule has 0 aliphatic heterocycles. The molecular weight excluding hydrogens is 300 g/mol. The number of hydrazine groups is 1. The predicted molar refractivity (Wildman–Crippen MR) is 92.8 cm³/mol. The molecule has 0 atom stereocenters. The third-order valence-corrected chi connectivity index (χ3v) is 3.86. The lowest BCUT2D eigenvalue weighted by Gasteiger charge is -2.05. The number of hydrogen-bond donors (Lipinski definition) is 3. The Morgan fingerprint density at radius 2 is 1.71 bits per heavy atom. The second-order valence-electron chi connectivity index (χ2n) is 5.50. The number of H-pyrrole nitrogens is 1. The predicted octanol–water partition coefficient (Wildman–Crippen LogP) is 3.13. The number of aromatic nitrogens is 1. The van der Waals surface area contributed by atoms with Gasteiger partial charge in [-0.05, 0) is 36.2 Å². The van der Waals surface area contributed by atoms with E-state index in [9.17, 15) is 4.79 Å². The van der Waals surface area contributed by atoms with Gasteiger partial charge in [0.15, 0.2) is 0 Å². The molecule has 4 N–H and O–H groups in total. The Labute approximate surface area is 139 Å². The monoisotopic (exact) mass is 316 g/mol. The lowest BCUT2D eigenvalue weighted by molar-refractivity contribution is 0.0949. The lowest BCUT2D eigenvalue weighted by Crippen LogP contribution is -2.30. The number of nitriles is 1. The van der Waals surface area contributed by atoms with Crippen LogP contribution in [0.3, 0.4) is 0 Å². The number of nitrogens with two attached hydrogens (primary N) is 1. The van der Waals surface area contributed by atoms with E-state index in [1.807, 2.05) is 43.3 Å². The van der Waals surface area contributed by atoms with Crippen molar-refractivity contribution in [2.75, 3.05) is 0 Å². The molecule has 0 spiro atoms. The van der Waals surface area contributed by atoms with E-state index in [2.05, 4.69) is 16.5 Å². The second kappa shape index (κ2) is 6.41. The van der Waals surface area contributed by atoms with Crippen LogP contribution < -0.4 is 11.3 Å². The highest BCUT2D eigenvalue weighted by Gasteiger charge is 2.15. The molecule has 0 aliphatic rings. The van der Waals surface area contributed by atoms with Crippen molar-refractivity contribution in [2.45, 2.75) is 6.92 Å². The van der Waals surface area contributed by atoms with E-state index in [0.29, 0.717) is 11.3 Å². The van der Waals surface area contributed by atoms with Crippen LogP contribution in [0.15, 0.2) is 54.6 Å². The van der Waals surface area contributed by atoms with Gasteiger partial charge < -0.3 is 4.98 Å². The van der Waals surface area contributed by atoms with Crippen LogP contribution in [0.5, 0.6) is 0 Å². The van der Waals surface area contributed by atoms with Gasteiger partial charge in [-0.2, -0.15) is 5.26 Å². The summed E-state index contributed by atoms with van der Waals surface area (Å²) in [5.74, 6) is 4.86. The summed E-state index contributed by atoms with van der Waals surface area (Å²) in [6.07, 6.45) is 0. The average Bonchev–Trinajstić information content (AvgIpc) is 3.07. The molecule has 2 aromatic carbocycles. The van der Waals surface area contributed by atoms with Gasteiger partial charge >= 0.3 is 0 Å². The molecular formula is C19H16N4O. The Kier molecular flexibility index (Phi) is 4.15. The van der Waals surface area contributed by atoms with Crippen LogP contribution in [0, 0.1) is 18.3 Å². The standard InChI is InChI=1S/C19H16N4O/c1-12-2-6-15(7-3-12)18-16(10-17(22-18)19(24)23-21)14-8-4-13(11-20)5-9-14/h2-10,22H,21H2,1H3,(H,23,24). The van der Waals surface area contributed by atoms with Crippen LogP contribution in [0.4, 0.5) is 0 Å². The minimum absolute atomic E-state index is 0.382. The molecule has 3 rings (SSSR count). The molecule has 0 radical (unpaired) electrons. The van der Waals surface area contributed by atoms with Gasteiger partial charge in [-0.3, -0.25) is 10.2 Å². The maximum Gasteiger partial charge on any atom is 0.281 e. The maximum absolute atomic E-state index is 11.9. The number of nitrogen functional groups attached to an aromatic ring is 1. The summed E-state index contributed by atoms with van der Waals surface area (Å²) in [7, 11) is 0. The quantitative estimate of drug-likeness (QED) is 0.393. The third-order valence-electron chi connectivity index (χ3n) is 3.86. The van der Waals surface area contributed by atoms with E-state index >= 15 is 0 Å². The molecule has 3 aromatic rings. The van der Waals surface area contributed by atoms with Gasteiger partial charge in [0.25, 0.3) is 5.91 Å². The highest BCUT2D eigenvalue weighted by Crippen LogP contribution is 2.33. The van der Waals surface area contributed by atoms with Crippen molar-refractivity contribution in [1.82, 2.24) is 10.4 Å². The Hall–Kier alpha value is -3.36. The van der Waals surface area contributed by atoms with E-state index in [0.717, 1.165) is 27.9 Å². The van der Waals surface area contributed by atoms with Crippen LogP contribution in [-0.4, -0.2) is 10.9 Å². The molecule has 118 valence electrons. The topological polar surface area (TPSA) is 94.7 Å². The summed E-state index contributed by atoms with van der Waals surface area (Å²) in [5.41, 5.74) is 7.86. The molecule has 5 nitrogen and oxygen atoms in total. The van der Waals surface area contributed by atoms with Crippen LogP contribution in [0.1, 0.15) is 21.6 Å². The minimum Gasteiger partial charge on any atom is -0.350 e. The first-order valence-electron chi connectivity index (χ1n) is 7.44. The third kappa shape index (κ3) is 2.91. The maximum atomic E-state index is 11.9. The lowest BCUT2D eigenvalue weighted by atomic mass is 10.00. The van der Waals surface area contributed by atoms with Crippen molar-refractivity contribution in [3.63, 3.8) is 0 Å². The molecule has 1 heterocycles. The molecule has 5 heteroatoms. The largest absolute Gasteiger partial charge is 0.350 e. The van der Waals surface area contributed by atoms with E-state index in [1.54, 1.807) is 18.2 Å². The van der Waals surface area contributed by atoms with Gasteiger partial charge in [0, 0.05) is 5.56 Å². The number of carbonyl (C=O) groups excluding carboxylic acids is 1. The first-order chi connectivity index (χ1) is 11.6.